The van der Waals surface area contributed by atoms with E-state index in [0.717, 1.165) is 11.0 Å². The first-order valence-corrected chi connectivity index (χ1v) is 5.73. The van der Waals surface area contributed by atoms with Gasteiger partial charge in [0.2, 0.25) is 0 Å². The number of nitrogens with one attached hydrogen (secondary N) is 1. The molecule has 0 unspecified atom stereocenters. The predicted octanol–water partition coefficient (Wildman–Crippen LogP) is 0.252. The molecule has 0 radical (unpaired) electrons. The highest BCUT2D eigenvalue weighted by Crippen LogP contribution is 2.21. The Kier molecular flexibility index (Phi) is 3.76. The van der Waals surface area contributed by atoms with Gasteiger partial charge in [-0.2, -0.15) is 0 Å². The zero-order valence-electron chi connectivity index (χ0n) is 10.3. The van der Waals surface area contributed by atoms with Crippen LogP contribution in [0.2, 0.25) is 0 Å². The van der Waals surface area contributed by atoms with Crippen LogP contribution in [-0.4, -0.2) is 39.9 Å². The van der Waals surface area contributed by atoms with Crippen molar-refractivity contribution in [3.63, 3.8) is 0 Å². The van der Waals surface area contributed by atoms with Crippen LogP contribution >= 0.6 is 0 Å². The summed E-state index contributed by atoms with van der Waals surface area (Å²) in [6, 6.07) is 5.58. The van der Waals surface area contributed by atoms with E-state index in [9.17, 15) is 19.7 Å². The summed E-state index contributed by atoms with van der Waals surface area (Å²) in [4.78, 5) is 34.4. The van der Waals surface area contributed by atoms with Gasteiger partial charge in [-0.1, -0.05) is 6.07 Å². The Balaban J connectivity index is 2.17. The fourth-order valence-electron chi connectivity index (χ4n) is 1.76. The fraction of sp³-hybridized carbons (Fsp3) is 0.167. The number of aliphatic hydroxyl groups is 1. The number of nitro groups is 1. The Morgan fingerprint density at radius 2 is 2.10 bits per heavy atom. The molecule has 8 heteroatoms. The van der Waals surface area contributed by atoms with Gasteiger partial charge in [0, 0.05) is 23.9 Å². The number of hydrogen-bond donors (Lipinski definition) is 2. The van der Waals surface area contributed by atoms with Gasteiger partial charge in [0.15, 0.2) is 0 Å². The van der Waals surface area contributed by atoms with Gasteiger partial charge < -0.3 is 10.4 Å². The number of hydrogen-bond acceptors (Lipinski definition) is 6. The summed E-state index contributed by atoms with van der Waals surface area (Å²) in [7, 11) is 0. The van der Waals surface area contributed by atoms with E-state index >= 15 is 0 Å². The molecule has 1 aromatic rings. The van der Waals surface area contributed by atoms with Crippen LogP contribution < -0.4 is 5.32 Å². The SMILES string of the molecule is O=C1C=C(Nc2cccc([N+](=O)[O-])c2)C(=O)N1CCO. The molecule has 0 saturated carbocycles. The lowest BCUT2D eigenvalue weighted by molar-refractivity contribution is -0.384. The minimum absolute atomic E-state index is 0.0175. The summed E-state index contributed by atoms with van der Waals surface area (Å²) in [5.41, 5.74) is 0.223. The lowest BCUT2D eigenvalue weighted by atomic mass is 10.2. The monoisotopic (exact) mass is 277 g/mol. The van der Waals surface area contributed by atoms with Crippen LogP contribution in [0.5, 0.6) is 0 Å². The van der Waals surface area contributed by atoms with Gasteiger partial charge >= 0.3 is 0 Å². The largest absolute Gasteiger partial charge is 0.395 e. The number of nitro benzene ring substituents is 1. The summed E-state index contributed by atoms with van der Waals surface area (Å²) < 4.78 is 0. The molecule has 0 saturated heterocycles. The molecule has 8 nitrogen and oxygen atoms in total. The number of non-ortho nitro benzene ring substituents is 1. The molecular weight excluding hydrogens is 266 g/mol. The van der Waals surface area contributed by atoms with Crippen molar-refractivity contribution in [2.45, 2.75) is 0 Å². The molecule has 2 N–H and O–H groups in total. The van der Waals surface area contributed by atoms with E-state index in [1.165, 1.54) is 18.2 Å². The zero-order valence-corrected chi connectivity index (χ0v) is 10.3. The lowest BCUT2D eigenvalue weighted by Gasteiger charge is -2.13. The molecule has 20 heavy (non-hydrogen) atoms. The van der Waals surface area contributed by atoms with Crippen molar-refractivity contribution >= 4 is 23.2 Å². The molecule has 0 fully saturated rings. The smallest absolute Gasteiger partial charge is 0.277 e. The number of nitrogens with zero attached hydrogens (tertiary/aromatic N) is 2. The Morgan fingerprint density at radius 3 is 2.75 bits per heavy atom. The molecule has 1 aromatic carbocycles. The van der Waals surface area contributed by atoms with Gasteiger partial charge in [0.25, 0.3) is 17.5 Å². The van der Waals surface area contributed by atoms with Crippen LogP contribution in [0.25, 0.3) is 0 Å². The normalized spacial score (nSPS) is 14.4. The molecule has 1 aliphatic rings. The maximum atomic E-state index is 11.9. The third kappa shape index (κ3) is 2.64. The van der Waals surface area contributed by atoms with Crippen LogP contribution in [-0.2, 0) is 9.59 Å². The maximum Gasteiger partial charge on any atom is 0.277 e. The summed E-state index contributed by atoms with van der Waals surface area (Å²) in [6.07, 6.45) is 1.09. The number of anilines is 1. The molecule has 0 aliphatic carbocycles. The topological polar surface area (TPSA) is 113 Å². The van der Waals surface area contributed by atoms with Gasteiger partial charge in [-0.15, -0.1) is 0 Å². The van der Waals surface area contributed by atoms with Crippen molar-refractivity contribution in [3.8, 4) is 0 Å². The number of amides is 2. The van der Waals surface area contributed by atoms with Crippen LogP contribution in [0, 0.1) is 10.1 Å². The summed E-state index contributed by atoms with van der Waals surface area (Å²) in [6.45, 7) is -0.413. The molecular formula is C12H11N3O5. The number of rotatable bonds is 5. The first kappa shape index (κ1) is 13.7. The van der Waals surface area contributed by atoms with Gasteiger partial charge in [-0.3, -0.25) is 24.6 Å². The minimum Gasteiger partial charge on any atom is -0.395 e. The molecule has 104 valence electrons. The van der Waals surface area contributed by atoms with Crippen molar-refractivity contribution in [1.29, 1.82) is 0 Å². The van der Waals surface area contributed by atoms with Crippen LogP contribution in [0.3, 0.4) is 0 Å². The highest BCUT2D eigenvalue weighted by molar-refractivity contribution is 6.17. The Morgan fingerprint density at radius 1 is 1.35 bits per heavy atom. The van der Waals surface area contributed by atoms with E-state index in [1.54, 1.807) is 6.07 Å². The zero-order chi connectivity index (χ0) is 14.7. The van der Waals surface area contributed by atoms with Gasteiger partial charge in [-0.05, 0) is 6.07 Å². The number of aliphatic hydroxyl groups excluding tert-OH is 1. The van der Waals surface area contributed by atoms with Crippen molar-refractivity contribution < 1.29 is 19.6 Å². The average molecular weight is 277 g/mol. The Labute approximate surface area is 113 Å². The van der Waals surface area contributed by atoms with Crippen LogP contribution in [0.4, 0.5) is 11.4 Å². The first-order chi connectivity index (χ1) is 9.52. The quantitative estimate of drug-likeness (QED) is 0.453. The van der Waals surface area contributed by atoms with Crippen LogP contribution in [0.1, 0.15) is 0 Å². The molecule has 0 spiro atoms. The minimum atomic E-state index is -0.574. The average Bonchev–Trinajstić information content (AvgIpc) is 2.67. The number of imide groups is 1. The molecule has 0 atom stereocenters. The van der Waals surface area contributed by atoms with Crippen LogP contribution in [0.15, 0.2) is 36.0 Å². The molecule has 1 heterocycles. The van der Waals surface area contributed by atoms with Crippen molar-refractivity contribution in [1.82, 2.24) is 4.90 Å². The molecule has 1 aliphatic heterocycles. The molecule has 0 bridgehead atoms. The Bertz CT molecular complexity index is 611. The summed E-state index contributed by atoms with van der Waals surface area (Å²) in [5.74, 6) is -1.10. The highest BCUT2D eigenvalue weighted by Gasteiger charge is 2.30. The number of β-amino-alcohol motifs (C(OH)–C–C–N with tert-alkyl or cyclic N) is 1. The second-order valence-electron chi connectivity index (χ2n) is 4.01. The standard InChI is InChI=1S/C12H11N3O5/c16-5-4-14-11(17)7-10(12(14)18)13-8-2-1-3-9(6-8)15(19)20/h1-3,6-7,13,16H,4-5H2. The van der Waals surface area contributed by atoms with Gasteiger partial charge in [0.1, 0.15) is 5.70 Å². The van der Waals surface area contributed by atoms with Gasteiger partial charge in [-0.25, -0.2) is 0 Å². The predicted molar refractivity (Wildman–Crippen MR) is 68.6 cm³/mol. The number of carbonyl (C=O) groups excluding carboxylic acids is 2. The summed E-state index contributed by atoms with van der Waals surface area (Å²) in [5, 5.41) is 22.1. The molecule has 0 aromatic heterocycles. The highest BCUT2D eigenvalue weighted by atomic mass is 16.6. The van der Waals surface area contributed by atoms with Crippen molar-refractivity contribution in [3.05, 3.63) is 46.2 Å². The third-order valence-electron chi connectivity index (χ3n) is 2.67. The van der Waals surface area contributed by atoms with E-state index in [1.807, 2.05) is 0 Å². The summed E-state index contributed by atoms with van der Waals surface area (Å²) >= 11 is 0. The van der Waals surface area contributed by atoms with E-state index in [0.29, 0.717) is 5.69 Å². The molecule has 2 rings (SSSR count). The first-order valence-electron chi connectivity index (χ1n) is 5.73. The molecule has 2 amide bonds. The van der Waals surface area contributed by atoms with E-state index < -0.39 is 16.7 Å². The fourth-order valence-corrected chi connectivity index (χ4v) is 1.76. The van der Waals surface area contributed by atoms with E-state index in [4.69, 9.17) is 5.11 Å². The van der Waals surface area contributed by atoms with Crippen molar-refractivity contribution in [2.75, 3.05) is 18.5 Å². The maximum absolute atomic E-state index is 11.9. The second-order valence-corrected chi connectivity index (χ2v) is 4.01. The third-order valence-corrected chi connectivity index (χ3v) is 2.67. The van der Waals surface area contributed by atoms with Crippen molar-refractivity contribution in [2.24, 2.45) is 0 Å². The second kappa shape index (κ2) is 5.49. The van der Waals surface area contributed by atoms with E-state index in [-0.39, 0.29) is 24.5 Å². The lowest BCUT2D eigenvalue weighted by Crippen LogP contribution is -2.34. The number of carbonyl (C=O) groups is 2. The Hall–Kier alpha value is -2.74. The van der Waals surface area contributed by atoms with E-state index in [2.05, 4.69) is 5.32 Å². The van der Waals surface area contributed by atoms with Gasteiger partial charge in [0.05, 0.1) is 18.1 Å². The number of benzene rings is 1.